The monoisotopic (exact) mass is 311 g/mol. The number of aromatic nitrogens is 2. The topological polar surface area (TPSA) is 140 Å². The van der Waals surface area contributed by atoms with Gasteiger partial charge in [0.15, 0.2) is 5.78 Å². The highest BCUT2D eigenvalue weighted by Crippen LogP contribution is 2.12. The van der Waals surface area contributed by atoms with Gasteiger partial charge in [0, 0.05) is 11.1 Å². The Labute approximate surface area is 130 Å². The second-order valence-corrected chi connectivity index (χ2v) is 4.86. The molecule has 2 rings (SSSR count). The third-order valence-electron chi connectivity index (χ3n) is 3.25. The maximum Gasteiger partial charge on any atom is 0.275 e. The quantitative estimate of drug-likeness (QED) is 0.739. The standard InChI is InChI=1S/C15H12N4O4/c1-8(17)11(6-16)12(20)7-19-14(21)10-5-3-2-4-9(10)13(18-19)15(22)23/h2-5,11,17H,7H2,1H3,(H,22,23)/p-1. The number of hydrogen-bond acceptors (Lipinski definition) is 7. The summed E-state index contributed by atoms with van der Waals surface area (Å²) in [6.45, 7) is 0.702. The molecule has 1 atom stereocenters. The minimum Gasteiger partial charge on any atom is -0.543 e. The van der Waals surface area contributed by atoms with Crippen molar-refractivity contribution >= 4 is 28.2 Å². The molecule has 1 aromatic heterocycles. The lowest BCUT2D eigenvalue weighted by Crippen LogP contribution is -2.34. The number of hydrogen-bond donors (Lipinski definition) is 1. The van der Waals surface area contributed by atoms with E-state index in [-0.39, 0.29) is 16.5 Å². The van der Waals surface area contributed by atoms with Crippen LogP contribution in [0.4, 0.5) is 0 Å². The molecular formula is C15H11N4O4-. The van der Waals surface area contributed by atoms with Gasteiger partial charge in [-0.2, -0.15) is 10.4 Å². The first-order valence-electron chi connectivity index (χ1n) is 6.55. The van der Waals surface area contributed by atoms with E-state index < -0.39 is 35.5 Å². The van der Waals surface area contributed by atoms with Crippen molar-refractivity contribution < 1.29 is 14.7 Å². The summed E-state index contributed by atoms with van der Waals surface area (Å²) in [4.78, 5) is 35.5. The average Bonchev–Trinajstić information content (AvgIpc) is 2.50. The van der Waals surface area contributed by atoms with E-state index in [0.717, 1.165) is 0 Å². The van der Waals surface area contributed by atoms with Crippen LogP contribution in [-0.4, -0.2) is 27.2 Å². The van der Waals surface area contributed by atoms with Crippen molar-refractivity contribution in [2.24, 2.45) is 5.92 Å². The van der Waals surface area contributed by atoms with E-state index in [4.69, 9.17) is 10.7 Å². The van der Waals surface area contributed by atoms with Crippen LogP contribution in [0.1, 0.15) is 17.4 Å². The number of nitrogens with zero attached hydrogens (tertiary/aromatic N) is 3. The van der Waals surface area contributed by atoms with E-state index in [1.807, 2.05) is 0 Å². The summed E-state index contributed by atoms with van der Waals surface area (Å²) in [7, 11) is 0. The predicted molar refractivity (Wildman–Crippen MR) is 77.8 cm³/mol. The minimum absolute atomic E-state index is 0.0783. The van der Waals surface area contributed by atoms with Crippen molar-refractivity contribution in [1.29, 1.82) is 10.7 Å². The van der Waals surface area contributed by atoms with Crippen molar-refractivity contribution in [3.63, 3.8) is 0 Å². The maximum absolute atomic E-state index is 12.3. The second kappa shape index (κ2) is 6.19. The molecule has 2 aromatic rings. The van der Waals surface area contributed by atoms with Gasteiger partial charge >= 0.3 is 0 Å². The molecule has 1 N–H and O–H groups in total. The molecule has 1 heterocycles. The number of carbonyl (C=O) groups excluding carboxylic acids is 2. The van der Waals surface area contributed by atoms with Crippen LogP contribution in [0.2, 0.25) is 0 Å². The summed E-state index contributed by atoms with van der Waals surface area (Å²) < 4.78 is 0.684. The van der Waals surface area contributed by atoms with Gasteiger partial charge in [-0.1, -0.05) is 18.2 Å². The van der Waals surface area contributed by atoms with Gasteiger partial charge in [-0.05, 0) is 13.0 Å². The predicted octanol–water partition coefficient (Wildman–Crippen LogP) is -0.491. The van der Waals surface area contributed by atoms with E-state index in [1.165, 1.54) is 19.1 Å². The number of Topliss-reactive ketones (excluding diaryl/α,β-unsaturated/α-hetero) is 1. The summed E-state index contributed by atoms with van der Waals surface area (Å²) in [5.41, 5.74) is -1.28. The zero-order valence-electron chi connectivity index (χ0n) is 12.1. The van der Waals surface area contributed by atoms with Gasteiger partial charge in [0.1, 0.15) is 18.2 Å². The lowest BCUT2D eigenvalue weighted by Gasteiger charge is -2.12. The Hall–Kier alpha value is -3.34. The summed E-state index contributed by atoms with van der Waals surface area (Å²) >= 11 is 0. The molecule has 0 amide bonds. The molecule has 116 valence electrons. The molecule has 0 bridgehead atoms. The van der Waals surface area contributed by atoms with Crippen molar-refractivity contribution in [3.05, 3.63) is 40.3 Å². The lowest BCUT2D eigenvalue weighted by molar-refractivity contribution is -0.255. The number of nitrogens with one attached hydrogen (secondary N) is 1. The third-order valence-corrected chi connectivity index (χ3v) is 3.25. The van der Waals surface area contributed by atoms with E-state index in [9.17, 15) is 19.5 Å². The Balaban J connectivity index is 2.59. The van der Waals surface area contributed by atoms with Crippen LogP contribution in [-0.2, 0) is 11.3 Å². The number of aromatic carboxylic acids is 1. The van der Waals surface area contributed by atoms with Crippen LogP contribution >= 0.6 is 0 Å². The molecule has 0 saturated carbocycles. The van der Waals surface area contributed by atoms with Crippen LogP contribution in [0.3, 0.4) is 0 Å². The Morgan fingerprint density at radius 3 is 2.52 bits per heavy atom. The smallest absolute Gasteiger partial charge is 0.275 e. The Bertz CT molecular complexity index is 923. The van der Waals surface area contributed by atoms with Gasteiger partial charge in [0.25, 0.3) is 5.56 Å². The van der Waals surface area contributed by atoms with Gasteiger partial charge in [-0.15, -0.1) is 0 Å². The molecule has 23 heavy (non-hydrogen) atoms. The maximum atomic E-state index is 12.3. The molecule has 8 nitrogen and oxygen atoms in total. The van der Waals surface area contributed by atoms with Crippen LogP contribution in [0.15, 0.2) is 29.1 Å². The fourth-order valence-electron chi connectivity index (χ4n) is 2.14. The van der Waals surface area contributed by atoms with Crippen LogP contribution in [0.5, 0.6) is 0 Å². The number of ketones is 1. The Morgan fingerprint density at radius 1 is 1.39 bits per heavy atom. The van der Waals surface area contributed by atoms with Crippen molar-refractivity contribution in [3.8, 4) is 6.07 Å². The van der Waals surface area contributed by atoms with E-state index in [2.05, 4.69) is 5.10 Å². The third kappa shape index (κ3) is 2.98. The molecule has 0 aliphatic rings. The Morgan fingerprint density at radius 2 is 2.00 bits per heavy atom. The molecular weight excluding hydrogens is 300 g/mol. The molecule has 0 aliphatic carbocycles. The first-order valence-corrected chi connectivity index (χ1v) is 6.55. The zero-order chi connectivity index (χ0) is 17.1. The molecule has 0 saturated heterocycles. The number of carboxylic acid groups (broad SMARTS) is 1. The molecule has 0 radical (unpaired) electrons. The minimum atomic E-state index is -1.58. The van der Waals surface area contributed by atoms with E-state index in [1.54, 1.807) is 18.2 Å². The molecule has 0 fully saturated rings. The lowest BCUT2D eigenvalue weighted by atomic mass is 10.0. The van der Waals surface area contributed by atoms with Crippen molar-refractivity contribution in [1.82, 2.24) is 9.78 Å². The second-order valence-electron chi connectivity index (χ2n) is 4.86. The molecule has 1 aromatic carbocycles. The number of nitriles is 1. The highest BCUT2D eigenvalue weighted by molar-refractivity contribution is 6.05. The average molecular weight is 311 g/mol. The molecule has 8 heteroatoms. The summed E-state index contributed by atoms with van der Waals surface area (Å²) in [5.74, 6) is -3.60. The Kier molecular flexibility index (Phi) is 4.32. The summed E-state index contributed by atoms with van der Waals surface area (Å²) in [6, 6.07) is 7.60. The van der Waals surface area contributed by atoms with Crippen molar-refractivity contribution in [2.45, 2.75) is 13.5 Å². The summed E-state index contributed by atoms with van der Waals surface area (Å²) in [5, 5.41) is 31.3. The van der Waals surface area contributed by atoms with E-state index in [0.29, 0.717) is 4.68 Å². The van der Waals surface area contributed by atoms with Gasteiger partial charge < -0.3 is 15.3 Å². The molecule has 1 unspecified atom stereocenters. The van der Waals surface area contributed by atoms with Gasteiger partial charge in [-0.25, -0.2) is 4.68 Å². The number of carbonyl (C=O) groups is 2. The number of benzene rings is 1. The van der Waals surface area contributed by atoms with Crippen LogP contribution in [0, 0.1) is 22.7 Å². The number of fused-ring (bicyclic) bond motifs is 1. The normalized spacial score (nSPS) is 11.7. The van der Waals surface area contributed by atoms with Gasteiger partial charge in [0.2, 0.25) is 0 Å². The van der Waals surface area contributed by atoms with Gasteiger partial charge in [-0.3, -0.25) is 9.59 Å². The van der Waals surface area contributed by atoms with Gasteiger partial charge in [0.05, 0.1) is 17.4 Å². The molecule has 0 aliphatic heterocycles. The highest BCUT2D eigenvalue weighted by atomic mass is 16.4. The first kappa shape index (κ1) is 16.0. The SMILES string of the molecule is CC(=N)C(C#N)C(=O)Cn1nc(C(=O)[O-])c2ccccc2c1=O. The van der Waals surface area contributed by atoms with Crippen LogP contribution < -0.4 is 10.7 Å². The zero-order valence-corrected chi connectivity index (χ0v) is 12.1. The highest BCUT2D eigenvalue weighted by Gasteiger charge is 2.22. The molecule has 0 spiro atoms. The fraction of sp³-hybridized carbons (Fsp3) is 0.200. The van der Waals surface area contributed by atoms with E-state index >= 15 is 0 Å². The van der Waals surface area contributed by atoms with Crippen LogP contribution in [0.25, 0.3) is 10.8 Å². The fourth-order valence-corrected chi connectivity index (χ4v) is 2.14. The largest absolute Gasteiger partial charge is 0.543 e. The first-order chi connectivity index (χ1) is 10.9. The summed E-state index contributed by atoms with van der Waals surface area (Å²) in [6.07, 6.45) is 0. The number of rotatable bonds is 5. The van der Waals surface area contributed by atoms with Crippen molar-refractivity contribution in [2.75, 3.05) is 0 Å². The number of carboxylic acids is 1.